The van der Waals surface area contributed by atoms with Crippen LogP contribution in [0.5, 0.6) is 6.01 Å². The molecule has 3 aliphatic heterocycles. The van der Waals surface area contributed by atoms with Crippen molar-refractivity contribution in [1.29, 1.82) is 0 Å². The van der Waals surface area contributed by atoms with Crippen LogP contribution >= 0.6 is 11.6 Å². The monoisotopic (exact) mass is 632 g/mol. The maximum atomic E-state index is 13.5. The number of benzene rings is 2. The Balaban J connectivity index is 1.39. The predicted molar refractivity (Wildman–Crippen MR) is 177 cm³/mol. The van der Waals surface area contributed by atoms with Crippen LogP contribution in [0.25, 0.3) is 10.8 Å². The fourth-order valence-corrected chi connectivity index (χ4v) is 6.87. The van der Waals surface area contributed by atoms with Crippen molar-refractivity contribution in [2.45, 2.75) is 44.8 Å². The first-order valence-electron chi connectivity index (χ1n) is 15.6. The topological polar surface area (TPSA) is 97.7 Å². The molecule has 0 saturated carbocycles. The molecule has 4 heterocycles. The molecule has 1 aromatic heterocycles. The summed E-state index contributed by atoms with van der Waals surface area (Å²) in [5.41, 5.74) is 2.91. The lowest BCUT2D eigenvalue weighted by atomic mass is 10.0. The first-order chi connectivity index (χ1) is 21.7. The zero-order valence-corrected chi connectivity index (χ0v) is 27.2. The third-order valence-corrected chi connectivity index (χ3v) is 9.39. The lowest BCUT2D eigenvalue weighted by Gasteiger charge is -2.42. The molecule has 12 heteroatoms. The van der Waals surface area contributed by atoms with Gasteiger partial charge in [0.15, 0.2) is 0 Å². The van der Waals surface area contributed by atoms with Crippen LogP contribution in [-0.4, -0.2) is 115 Å². The SMILES string of the molecule is CC(=O)N1CCN(c2nc(OC[C@@H]3CCCN3C)nc3c2CCN(c2cccc4cccc(Cl)c24)C3)C(C(=O)N=CN(C)C)C1. The van der Waals surface area contributed by atoms with Crippen molar-refractivity contribution in [3.8, 4) is 6.01 Å². The minimum atomic E-state index is -0.679. The summed E-state index contributed by atoms with van der Waals surface area (Å²) in [7, 11) is 5.75. The fourth-order valence-electron chi connectivity index (χ4n) is 6.59. The van der Waals surface area contributed by atoms with Gasteiger partial charge >= 0.3 is 6.01 Å². The van der Waals surface area contributed by atoms with Crippen molar-refractivity contribution in [3.63, 3.8) is 0 Å². The summed E-state index contributed by atoms with van der Waals surface area (Å²) in [6.07, 6.45) is 4.38. The van der Waals surface area contributed by atoms with Gasteiger partial charge in [0.25, 0.3) is 5.91 Å². The number of hydrogen-bond donors (Lipinski definition) is 0. The van der Waals surface area contributed by atoms with Gasteiger partial charge in [0, 0.05) is 63.3 Å². The van der Waals surface area contributed by atoms with Gasteiger partial charge in [0.2, 0.25) is 5.91 Å². The van der Waals surface area contributed by atoms with E-state index in [-0.39, 0.29) is 18.4 Å². The smallest absolute Gasteiger partial charge is 0.318 e. The van der Waals surface area contributed by atoms with Crippen LogP contribution in [0, 0.1) is 0 Å². The molecule has 45 heavy (non-hydrogen) atoms. The highest BCUT2D eigenvalue weighted by Crippen LogP contribution is 2.37. The van der Waals surface area contributed by atoms with E-state index in [4.69, 9.17) is 26.3 Å². The Morgan fingerprint density at radius 3 is 2.64 bits per heavy atom. The number of aromatic nitrogens is 2. The normalized spacial score (nSPS) is 20.6. The standard InChI is InChI=1S/C33H41ClN8O3/c1-22(43)40-16-17-42(29(19-40)32(44)35-21-38(2)3)31-25-13-15-41(28-12-6-9-23-8-5-11-26(34)30(23)28)18-27(25)36-33(37-31)45-20-24-10-7-14-39(24)4/h5-6,8-9,11-12,21,24,29H,7,10,13-20H2,1-4H3/t24-,29?/m0/s1. The summed E-state index contributed by atoms with van der Waals surface area (Å²) in [5, 5.41) is 2.82. The molecule has 0 aliphatic carbocycles. The highest BCUT2D eigenvalue weighted by molar-refractivity contribution is 6.36. The van der Waals surface area contributed by atoms with Crippen LogP contribution < -0.4 is 14.5 Å². The van der Waals surface area contributed by atoms with Gasteiger partial charge in [-0.1, -0.05) is 35.9 Å². The Morgan fingerprint density at radius 2 is 1.91 bits per heavy atom. The number of ether oxygens (including phenoxy) is 1. The van der Waals surface area contributed by atoms with Crippen LogP contribution in [0.4, 0.5) is 11.5 Å². The lowest BCUT2D eigenvalue weighted by Crippen LogP contribution is -2.58. The Labute approximate surface area is 269 Å². The van der Waals surface area contributed by atoms with E-state index in [0.717, 1.165) is 53.6 Å². The summed E-state index contributed by atoms with van der Waals surface area (Å²) in [6.45, 7) is 5.51. The van der Waals surface area contributed by atoms with E-state index >= 15 is 0 Å². The molecule has 2 aromatic carbocycles. The van der Waals surface area contributed by atoms with E-state index < -0.39 is 6.04 Å². The number of carbonyl (C=O) groups is 2. The summed E-state index contributed by atoms with van der Waals surface area (Å²) >= 11 is 6.72. The minimum Gasteiger partial charge on any atom is -0.462 e. The molecule has 6 rings (SSSR count). The number of aliphatic imine (C=N–C) groups is 1. The molecule has 3 aromatic rings. The molecule has 238 valence electrons. The van der Waals surface area contributed by atoms with Gasteiger partial charge in [-0.2, -0.15) is 9.97 Å². The first kappa shape index (κ1) is 31.0. The molecule has 2 fully saturated rings. The van der Waals surface area contributed by atoms with Gasteiger partial charge in [0.1, 0.15) is 18.5 Å². The van der Waals surface area contributed by atoms with E-state index in [9.17, 15) is 9.59 Å². The van der Waals surface area contributed by atoms with Gasteiger partial charge < -0.3 is 29.2 Å². The van der Waals surface area contributed by atoms with Crippen molar-refractivity contribution < 1.29 is 14.3 Å². The molecule has 0 bridgehead atoms. The number of fused-ring (bicyclic) bond motifs is 2. The van der Waals surface area contributed by atoms with Gasteiger partial charge in [-0.05, 0) is 50.4 Å². The third kappa shape index (κ3) is 6.55. The van der Waals surface area contributed by atoms with Crippen molar-refractivity contribution in [2.24, 2.45) is 4.99 Å². The molecule has 3 aliphatic rings. The molecule has 11 nitrogen and oxygen atoms in total. The minimum absolute atomic E-state index is 0.0668. The third-order valence-electron chi connectivity index (χ3n) is 9.07. The van der Waals surface area contributed by atoms with Gasteiger partial charge in [-0.25, -0.2) is 4.99 Å². The second-order valence-electron chi connectivity index (χ2n) is 12.3. The van der Waals surface area contributed by atoms with Crippen LogP contribution in [-0.2, 0) is 22.6 Å². The average molecular weight is 633 g/mol. The average Bonchev–Trinajstić information content (AvgIpc) is 3.45. The number of amides is 2. The maximum Gasteiger partial charge on any atom is 0.318 e. The number of piperazine rings is 1. The highest BCUT2D eigenvalue weighted by atomic mass is 35.5. The summed E-state index contributed by atoms with van der Waals surface area (Å²) in [5.74, 6) is 0.301. The number of hydrogen-bond acceptors (Lipinski definition) is 8. The Morgan fingerprint density at radius 1 is 1.11 bits per heavy atom. The molecule has 2 atom stereocenters. The van der Waals surface area contributed by atoms with Crippen molar-refractivity contribution in [2.75, 3.05) is 70.3 Å². The van der Waals surface area contributed by atoms with E-state index in [2.05, 4.69) is 46.1 Å². The number of likely N-dealkylation sites (tertiary alicyclic amines) is 1. The number of anilines is 2. The highest BCUT2D eigenvalue weighted by Gasteiger charge is 2.37. The lowest BCUT2D eigenvalue weighted by molar-refractivity contribution is -0.130. The fraction of sp³-hybridized carbons (Fsp3) is 0.485. The largest absolute Gasteiger partial charge is 0.462 e. The van der Waals surface area contributed by atoms with Crippen molar-refractivity contribution in [1.82, 2.24) is 24.7 Å². The summed E-state index contributed by atoms with van der Waals surface area (Å²) in [6, 6.07) is 12.1. The van der Waals surface area contributed by atoms with Crippen LogP contribution in [0.2, 0.25) is 5.02 Å². The Bertz CT molecular complexity index is 1610. The molecular weight excluding hydrogens is 592 g/mol. The van der Waals surface area contributed by atoms with Gasteiger partial charge in [-0.15, -0.1) is 0 Å². The summed E-state index contributed by atoms with van der Waals surface area (Å²) in [4.78, 5) is 50.1. The van der Waals surface area contributed by atoms with Crippen LogP contribution in [0.3, 0.4) is 0 Å². The zero-order valence-electron chi connectivity index (χ0n) is 26.4. The van der Waals surface area contributed by atoms with Gasteiger partial charge in [-0.3, -0.25) is 9.59 Å². The van der Waals surface area contributed by atoms with Crippen LogP contribution in [0.1, 0.15) is 31.0 Å². The number of nitrogens with zero attached hydrogens (tertiary/aromatic N) is 8. The van der Waals surface area contributed by atoms with E-state index in [1.54, 1.807) is 9.80 Å². The number of rotatable bonds is 7. The number of likely N-dealkylation sites (N-methyl/N-ethyl adjacent to an activating group) is 1. The Hall–Kier alpha value is -3.96. The second-order valence-corrected chi connectivity index (χ2v) is 12.8. The summed E-state index contributed by atoms with van der Waals surface area (Å²) < 4.78 is 6.31. The maximum absolute atomic E-state index is 13.5. The quantitative estimate of drug-likeness (QED) is 0.286. The zero-order chi connectivity index (χ0) is 31.7. The number of halogens is 1. The second kappa shape index (κ2) is 13.2. The van der Waals surface area contributed by atoms with E-state index in [1.165, 1.54) is 13.3 Å². The van der Waals surface area contributed by atoms with Gasteiger partial charge in [0.05, 0.1) is 30.1 Å². The van der Waals surface area contributed by atoms with E-state index in [0.29, 0.717) is 55.6 Å². The van der Waals surface area contributed by atoms with Crippen molar-refractivity contribution >= 4 is 52.0 Å². The number of carbonyl (C=O) groups excluding carboxylic acids is 2. The molecule has 2 saturated heterocycles. The molecule has 0 spiro atoms. The molecule has 1 unspecified atom stereocenters. The Kier molecular flexibility index (Phi) is 9.09. The molecule has 0 radical (unpaired) electrons. The predicted octanol–water partition coefficient (Wildman–Crippen LogP) is 3.47. The van der Waals surface area contributed by atoms with Crippen molar-refractivity contribution in [3.05, 3.63) is 52.7 Å². The molecular formula is C33H41ClN8O3. The molecule has 2 amide bonds. The van der Waals surface area contributed by atoms with E-state index in [1.807, 2.05) is 31.1 Å². The molecule has 0 N–H and O–H groups in total. The van der Waals surface area contributed by atoms with Crippen LogP contribution in [0.15, 0.2) is 41.4 Å². The first-order valence-corrected chi connectivity index (χ1v) is 16.0.